The van der Waals surface area contributed by atoms with Gasteiger partial charge in [0.05, 0.1) is 5.69 Å². The van der Waals surface area contributed by atoms with Gasteiger partial charge in [-0.25, -0.2) is 0 Å². The van der Waals surface area contributed by atoms with Crippen molar-refractivity contribution in [3.63, 3.8) is 0 Å². The van der Waals surface area contributed by atoms with Crippen LogP contribution in [0.15, 0.2) is 65.2 Å². The van der Waals surface area contributed by atoms with Gasteiger partial charge in [-0.1, -0.05) is 63.1 Å². The van der Waals surface area contributed by atoms with Gasteiger partial charge in [0.1, 0.15) is 11.2 Å². The number of aromatic nitrogens is 1. The summed E-state index contributed by atoms with van der Waals surface area (Å²) >= 11 is 0. The highest BCUT2D eigenvalue weighted by Gasteiger charge is 2.45. The summed E-state index contributed by atoms with van der Waals surface area (Å²) < 4.78 is 6.74. The van der Waals surface area contributed by atoms with Gasteiger partial charge < -0.3 is 4.42 Å². The molecule has 1 saturated carbocycles. The second-order valence-electron chi connectivity index (χ2n) is 11.0. The molecule has 2 aromatic heterocycles. The van der Waals surface area contributed by atoms with Crippen LogP contribution in [0.1, 0.15) is 73.3 Å². The Morgan fingerprint density at radius 2 is 1.63 bits per heavy atom. The van der Waals surface area contributed by atoms with E-state index in [0.717, 1.165) is 22.4 Å². The first-order valence-electron chi connectivity index (χ1n) is 13.0. The number of hydrogen-bond acceptors (Lipinski definition) is 2. The van der Waals surface area contributed by atoms with Gasteiger partial charge in [-0.3, -0.25) is 4.98 Å². The maximum Gasteiger partial charge on any atom is 0.145 e. The lowest BCUT2D eigenvalue weighted by Gasteiger charge is -2.26. The highest BCUT2D eigenvalue weighted by molar-refractivity contribution is 6.12. The van der Waals surface area contributed by atoms with Gasteiger partial charge >= 0.3 is 0 Å². The number of rotatable bonds is 2. The summed E-state index contributed by atoms with van der Waals surface area (Å²) in [4.78, 5) is 4.86. The van der Waals surface area contributed by atoms with E-state index in [9.17, 15) is 0 Å². The van der Waals surface area contributed by atoms with E-state index >= 15 is 0 Å². The van der Waals surface area contributed by atoms with Gasteiger partial charge in [-0.2, -0.15) is 0 Å². The summed E-state index contributed by atoms with van der Waals surface area (Å²) in [6.07, 6.45) is 7.08. The molecule has 0 N–H and O–H groups in total. The molecule has 2 aliphatic carbocycles. The Morgan fingerprint density at radius 3 is 2.43 bits per heavy atom. The molecule has 3 aromatic carbocycles. The van der Waals surface area contributed by atoms with Crippen LogP contribution in [-0.4, -0.2) is 4.98 Å². The number of fused-ring (bicyclic) bond motifs is 8. The Bertz CT molecular complexity index is 1650. The summed E-state index contributed by atoms with van der Waals surface area (Å²) in [5.41, 5.74) is 13.8. The SMILES string of the molecule is Cc1cnc(-c2c(C)ccc3c2oc2cc4c(cc23)-c2ccccc2C42CCCC2)cc1C(C)C. The second-order valence-corrected chi connectivity index (χ2v) is 11.0. The van der Waals surface area contributed by atoms with Crippen LogP contribution in [-0.2, 0) is 5.41 Å². The van der Waals surface area contributed by atoms with E-state index in [0.29, 0.717) is 5.92 Å². The average molecular weight is 458 g/mol. The van der Waals surface area contributed by atoms with Gasteiger partial charge in [0.2, 0.25) is 0 Å². The van der Waals surface area contributed by atoms with Crippen LogP contribution in [0.25, 0.3) is 44.3 Å². The molecule has 0 aliphatic heterocycles. The third-order valence-corrected chi connectivity index (χ3v) is 8.72. The molecule has 2 aliphatic rings. The molecule has 7 rings (SSSR count). The number of benzene rings is 3. The lowest BCUT2D eigenvalue weighted by molar-refractivity contribution is 0.549. The molecule has 0 amide bonds. The van der Waals surface area contributed by atoms with Crippen molar-refractivity contribution in [1.82, 2.24) is 4.98 Å². The number of furan rings is 1. The second kappa shape index (κ2) is 7.31. The fourth-order valence-corrected chi connectivity index (χ4v) is 7.02. The maximum atomic E-state index is 6.74. The molecular weight excluding hydrogens is 426 g/mol. The molecule has 0 radical (unpaired) electrons. The third kappa shape index (κ3) is 2.80. The first-order chi connectivity index (χ1) is 17.0. The van der Waals surface area contributed by atoms with Crippen molar-refractivity contribution in [1.29, 1.82) is 0 Å². The van der Waals surface area contributed by atoms with E-state index in [2.05, 4.69) is 82.3 Å². The molecule has 1 spiro atoms. The van der Waals surface area contributed by atoms with Crippen LogP contribution in [0.2, 0.25) is 0 Å². The van der Waals surface area contributed by atoms with Crippen molar-refractivity contribution in [3.8, 4) is 22.4 Å². The minimum absolute atomic E-state index is 0.155. The fourth-order valence-electron chi connectivity index (χ4n) is 7.02. The van der Waals surface area contributed by atoms with Crippen LogP contribution in [0.3, 0.4) is 0 Å². The zero-order valence-corrected chi connectivity index (χ0v) is 21.0. The molecule has 35 heavy (non-hydrogen) atoms. The van der Waals surface area contributed by atoms with E-state index in [1.807, 2.05) is 6.20 Å². The number of nitrogens with zero attached hydrogens (tertiary/aromatic N) is 1. The highest BCUT2D eigenvalue weighted by Crippen LogP contribution is 2.58. The standard InChI is InChI=1S/C33H31NO/c1-19(2)24-16-29(34-18-21(24)4)31-20(3)11-12-23-26-15-25-22-9-5-6-10-27(22)33(13-7-8-14-33)28(25)17-30(26)35-32(23)31/h5-6,9-12,15-19H,7-8,13-14H2,1-4H3. The Labute approximate surface area is 207 Å². The normalized spacial score (nSPS) is 16.0. The van der Waals surface area contributed by atoms with Gasteiger partial charge in [-0.15, -0.1) is 0 Å². The Balaban J connectivity index is 1.51. The molecular formula is C33H31NO. The maximum absolute atomic E-state index is 6.74. The van der Waals surface area contributed by atoms with E-state index in [1.54, 1.807) is 0 Å². The summed E-state index contributed by atoms with van der Waals surface area (Å²) in [7, 11) is 0. The van der Waals surface area contributed by atoms with Crippen LogP contribution >= 0.6 is 0 Å². The molecule has 5 aromatic rings. The smallest absolute Gasteiger partial charge is 0.145 e. The molecule has 2 nitrogen and oxygen atoms in total. The van der Waals surface area contributed by atoms with Crippen molar-refractivity contribution < 1.29 is 4.42 Å². The van der Waals surface area contributed by atoms with Crippen molar-refractivity contribution in [2.24, 2.45) is 0 Å². The largest absolute Gasteiger partial charge is 0.455 e. The van der Waals surface area contributed by atoms with E-state index in [-0.39, 0.29) is 5.41 Å². The van der Waals surface area contributed by atoms with E-state index in [4.69, 9.17) is 9.40 Å². The Hall–Kier alpha value is -3.39. The van der Waals surface area contributed by atoms with Gasteiger partial charge in [0, 0.05) is 27.9 Å². The third-order valence-electron chi connectivity index (χ3n) is 8.72. The lowest BCUT2D eigenvalue weighted by atomic mass is 9.77. The molecule has 174 valence electrons. The highest BCUT2D eigenvalue weighted by atomic mass is 16.3. The summed E-state index contributed by atoms with van der Waals surface area (Å²) in [5.74, 6) is 0.456. The van der Waals surface area contributed by atoms with Crippen molar-refractivity contribution in [2.45, 2.75) is 64.7 Å². The van der Waals surface area contributed by atoms with E-state index < -0.39 is 0 Å². The van der Waals surface area contributed by atoms with Crippen LogP contribution in [0.5, 0.6) is 0 Å². The molecule has 1 fully saturated rings. The Kier molecular flexibility index (Phi) is 4.37. The first kappa shape index (κ1) is 20.9. The summed E-state index contributed by atoms with van der Waals surface area (Å²) in [6.45, 7) is 8.82. The predicted molar refractivity (Wildman–Crippen MR) is 145 cm³/mol. The average Bonchev–Trinajstić information content (AvgIpc) is 3.55. The van der Waals surface area contributed by atoms with Gasteiger partial charge in [-0.05, 0) is 89.8 Å². The van der Waals surface area contributed by atoms with Gasteiger partial charge in [0.25, 0.3) is 0 Å². The lowest BCUT2D eigenvalue weighted by Crippen LogP contribution is -2.20. The molecule has 2 heterocycles. The molecule has 0 atom stereocenters. The number of pyridine rings is 1. The molecule has 0 unspecified atom stereocenters. The van der Waals surface area contributed by atoms with Crippen molar-refractivity contribution in [2.75, 3.05) is 0 Å². The number of hydrogen-bond donors (Lipinski definition) is 0. The fraction of sp³-hybridized carbons (Fsp3) is 0.303. The zero-order valence-electron chi connectivity index (χ0n) is 21.0. The molecule has 0 saturated heterocycles. The molecule has 0 bridgehead atoms. The predicted octanol–water partition coefficient (Wildman–Crippen LogP) is 9.23. The van der Waals surface area contributed by atoms with Crippen molar-refractivity contribution >= 4 is 21.9 Å². The molecule has 2 heteroatoms. The van der Waals surface area contributed by atoms with Crippen molar-refractivity contribution in [3.05, 3.63) is 88.6 Å². The minimum Gasteiger partial charge on any atom is -0.455 e. The van der Waals surface area contributed by atoms with Crippen LogP contribution in [0, 0.1) is 13.8 Å². The number of aryl methyl sites for hydroxylation is 2. The monoisotopic (exact) mass is 457 g/mol. The Morgan fingerprint density at radius 1 is 0.829 bits per heavy atom. The topological polar surface area (TPSA) is 26.0 Å². The van der Waals surface area contributed by atoms with E-state index in [1.165, 1.54) is 75.4 Å². The van der Waals surface area contributed by atoms with Gasteiger partial charge in [0.15, 0.2) is 0 Å². The first-order valence-corrected chi connectivity index (χ1v) is 13.0. The summed E-state index contributed by atoms with van der Waals surface area (Å²) in [5, 5.41) is 2.39. The minimum atomic E-state index is 0.155. The zero-order chi connectivity index (χ0) is 23.9. The van der Waals surface area contributed by atoms with Crippen LogP contribution in [0.4, 0.5) is 0 Å². The van der Waals surface area contributed by atoms with Crippen LogP contribution < -0.4 is 0 Å². The summed E-state index contributed by atoms with van der Waals surface area (Å²) in [6, 6.07) is 20.6. The quantitative estimate of drug-likeness (QED) is 0.264.